The first-order valence-electron chi connectivity index (χ1n) is 7.27. The third-order valence-corrected chi connectivity index (χ3v) is 3.72. The molecular weight excluding hydrogens is 328 g/mol. The number of nitrogens with zero attached hydrogens (tertiary/aromatic N) is 1. The molecule has 2 aliphatic heterocycles. The molecule has 1 saturated heterocycles. The minimum Gasteiger partial charge on any atom is -0.395 e. The Balaban J connectivity index is 1.45. The maximum atomic E-state index is 13.0. The van der Waals surface area contributed by atoms with E-state index < -0.39 is 6.29 Å². The maximum Gasteiger partial charge on any atom is 0.586 e. The van der Waals surface area contributed by atoms with Crippen molar-refractivity contribution in [3.63, 3.8) is 0 Å². The fourth-order valence-corrected chi connectivity index (χ4v) is 2.57. The number of hydrogen-bond acceptors (Lipinski definition) is 5. The fraction of sp³-hybridized carbons (Fsp3) is 0.500. The Kier molecular flexibility index (Phi) is 4.79. The van der Waals surface area contributed by atoms with Crippen LogP contribution in [0.1, 0.15) is 0 Å². The van der Waals surface area contributed by atoms with E-state index in [0.717, 1.165) is 32.8 Å². The zero-order chi connectivity index (χ0) is 16.3. The molecular formula is C14H17F2N3O3S. The Morgan fingerprint density at radius 2 is 1.96 bits per heavy atom. The van der Waals surface area contributed by atoms with Gasteiger partial charge in [0.05, 0.1) is 13.2 Å². The van der Waals surface area contributed by atoms with Crippen molar-refractivity contribution in [3.05, 3.63) is 18.2 Å². The van der Waals surface area contributed by atoms with Crippen LogP contribution in [0.3, 0.4) is 0 Å². The molecule has 1 aromatic rings. The summed E-state index contributed by atoms with van der Waals surface area (Å²) in [6.45, 7) is 4.89. The van der Waals surface area contributed by atoms with Crippen LogP contribution in [0.15, 0.2) is 18.2 Å². The number of nitrogens with one attached hydrogen (secondary N) is 2. The fourth-order valence-electron chi connectivity index (χ4n) is 2.35. The highest BCUT2D eigenvalue weighted by atomic mass is 32.1. The number of alkyl halides is 2. The quantitative estimate of drug-likeness (QED) is 0.805. The van der Waals surface area contributed by atoms with Gasteiger partial charge in [0.2, 0.25) is 0 Å². The van der Waals surface area contributed by atoms with Crippen LogP contribution in [0, 0.1) is 0 Å². The van der Waals surface area contributed by atoms with Crippen molar-refractivity contribution in [1.82, 2.24) is 10.2 Å². The number of anilines is 1. The predicted molar refractivity (Wildman–Crippen MR) is 84.1 cm³/mol. The lowest BCUT2D eigenvalue weighted by Gasteiger charge is -2.26. The molecule has 2 heterocycles. The summed E-state index contributed by atoms with van der Waals surface area (Å²) in [6.07, 6.45) is -3.61. The number of thiocarbonyl (C=S) groups is 1. The monoisotopic (exact) mass is 345 g/mol. The van der Waals surface area contributed by atoms with Crippen LogP contribution in [0.2, 0.25) is 0 Å². The lowest BCUT2D eigenvalue weighted by atomic mass is 10.3. The van der Waals surface area contributed by atoms with E-state index >= 15 is 0 Å². The SMILES string of the molecule is FC1(F)Oc2ccc(NC(=S)NCCN3CCOCC3)cc2O1. The van der Waals surface area contributed by atoms with Gasteiger partial charge in [-0.05, 0) is 24.4 Å². The molecule has 1 aromatic carbocycles. The topological polar surface area (TPSA) is 55.0 Å². The van der Waals surface area contributed by atoms with E-state index in [1.54, 1.807) is 6.07 Å². The Morgan fingerprint density at radius 3 is 2.74 bits per heavy atom. The number of benzene rings is 1. The van der Waals surface area contributed by atoms with E-state index in [0.29, 0.717) is 17.3 Å². The number of morpholine rings is 1. The molecule has 0 spiro atoms. The van der Waals surface area contributed by atoms with Crippen LogP contribution in [-0.2, 0) is 4.74 Å². The van der Waals surface area contributed by atoms with Gasteiger partial charge in [0.1, 0.15) is 0 Å². The summed E-state index contributed by atoms with van der Waals surface area (Å²) in [5.41, 5.74) is 0.550. The van der Waals surface area contributed by atoms with Crippen molar-refractivity contribution in [2.75, 3.05) is 44.7 Å². The van der Waals surface area contributed by atoms with Crippen LogP contribution < -0.4 is 20.1 Å². The van der Waals surface area contributed by atoms with Crippen molar-refractivity contribution < 1.29 is 23.0 Å². The molecule has 3 rings (SSSR count). The van der Waals surface area contributed by atoms with Crippen molar-refractivity contribution in [3.8, 4) is 11.5 Å². The van der Waals surface area contributed by atoms with E-state index in [4.69, 9.17) is 17.0 Å². The number of fused-ring (bicyclic) bond motifs is 1. The van der Waals surface area contributed by atoms with Gasteiger partial charge >= 0.3 is 6.29 Å². The molecule has 0 aliphatic carbocycles. The molecule has 0 saturated carbocycles. The van der Waals surface area contributed by atoms with Gasteiger partial charge in [-0.2, -0.15) is 0 Å². The minimum atomic E-state index is -3.61. The molecule has 0 aromatic heterocycles. The first-order valence-corrected chi connectivity index (χ1v) is 7.67. The van der Waals surface area contributed by atoms with E-state index in [1.165, 1.54) is 12.1 Å². The second-order valence-corrected chi connectivity index (χ2v) is 5.57. The molecule has 0 atom stereocenters. The van der Waals surface area contributed by atoms with E-state index in [1.807, 2.05) is 0 Å². The highest BCUT2D eigenvalue weighted by Gasteiger charge is 2.43. The third-order valence-electron chi connectivity index (χ3n) is 3.48. The van der Waals surface area contributed by atoms with Crippen LogP contribution in [-0.4, -0.2) is 55.7 Å². The minimum absolute atomic E-state index is 0.00625. The summed E-state index contributed by atoms with van der Waals surface area (Å²) >= 11 is 5.19. The van der Waals surface area contributed by atoms with E-state index in [9.17, 15) is 8.78 Å². The van der Waals surface area contributed by atoms with Crippen LogP contribution in [0.25, 0.3) is 0 Å². The lowest BCUT2D eigenvalue weighted by Crippen LogP contribution is -2.42. The number of rotatable bonds is 4. The van der Waals surface area contributed by atoms with Crippen LogP contribution in [0.4, 0.5) is 14.5 Å². The van der Waals surface area contributed by atoms with Gasteiger partial charge in [-0.15, -0.1) is 8.78 Å². The average molecular weight is 345 g/mol. The van der Waals surface area contributed by atoms with E-state index in [-0.39, 0.29) is 11.5 Å². The molecule has 126 valence electrons. The first kappa shape index (κ1) is 16.2. The van der Waals surface area contributed by atoms with Gasteiger partial charge in [-0.25, -0.2) is 0 Å². The normalized spacial score (nSPS) is 19.4. The van der Waals surface area contributed by atoms with E-state index in [2.05, 4.69) is 25.0 Å². The molecule has 1 fully saturated rings. The summed E-state index contributed by atoms with van der Waals surface area (Å²) in [7, 11) is 0. The summed E-state index contributed by atoms with van der Waals surface area (Å²) in [6, 6.07) is 4.43. The molecule has 0 unspecified atom stereocenters. The van der Waals surface area contributed by atoms with Gasteiger partial charge in [0, 0.05) is 37.9 Å². The van der Waals surface area contributed by atoms with Gasteiger partial charge in [-0.1, -0.05) is 0 Å². The third kappa shape index (κ3) is 4.40. The molecule has 0 radical (unpaired) electrons. The predicted octanol–water partition coefficient (Wildman–Crippen LogP) is 1.63. The molecule has 9 heteroatoms. The average Bonchev–Trinajstić information content (AvgIpc) is 2.81. The van der Waals surface area contributed by atoms with Gasteiger partial charge in [-0.3, -0.25) is 4.90 Å². The van der Waals surface area contributed by atoms with Gasteiger partial charge in [0.25, 0.3) is 0 Å². The van der Waals surface area contributed by atoms with Crippen LogP contribution >= 0.6 is 12.2 Å². The highest BCUT2D eigenvalue weighted by molar-refractivity contribution is 7.80. The van der Waals surface area contributed by atoms with Crippen LogP contribution in [0.5, 0.6) is 11.5 Å². The number of ether oxygens (including phenoxy) is 3. The Bertz CT molecular complexity index is 582. The Labute approximate surface area is 137 Å². The molecule has 6 nitrogen and oxygen atoms in total. The molecule has 23 heavy (non-hydrogen) atoms. The zero-order valence-electron chi connectivity index (χ0n) is 12.3. The number of halogens is 2. The molecule has 0 bridgehead atoms. The summed E-state index contributed by atoms with van der Waals surface area (Å²) in [5.74, 6) is -0.0112. The van der Waals surface area contributed by atoms with Crippen molar-refractivity contribution in [2.45, 2.75) is 6.29 Å². The molecule has 0 amide bonds. The van der Waals surface area contributed by atoms with Crippen molar-refractivity contribution >= 4 is 23.0 Å². The summed E-state index contributed by atoms with van der Waals surface area (Å²) < 4.78 is 39.9. The lowest BCUT2D eigenvalue weighted by molar-refractivity contribution is -0.286. The Morgan fingerprint density at radius 1 is 1.22 bits per heavy atom. The van der Waals surface area contributed by atoms with Gasteiger partial charge in [0.15, 0.2) is 16.6 Å². The smallest absolute Gasteiger partial charge is 0.395 e. The largest absolute Gasteiger partial charge is 0.586 e. The number of hydrogen-bond donors (Lipinski definition) is 2. The summed E-state index contributed by atoms with van der Waals surface area (Å²) in [4.78, 5) is 2.28. The van der Waals surface area contributed by atoms with Crippen molar-refractivity contribution in [1.29, 1.82) is 0 Å². The summed E-state index contributed by atoms with van der Waals surface area (Å²) in [5, 5.41) is 6.43. The molecule has 2 aliphatic rings. The highest BCUT2D eigenvalue weighted by Crippen LogP contribution is 2.42. The maximum absolute atomic E-state index is 13.0. The first-order chi connectivity index (χ1) is 11.0. The Hall–Kier alpha value is -1.71. The second-order valence-electron chi connectivity index (χ2n) is 5.16. The van der Waals surface area contributed by atoms with Gasteiger partial charge < -0.3 is 24.8 Å². The molecule has 2 N–H and O–H groups in total. The van der Waals surface area contributed by atoms with Crippen molar-refractivity contribution in [2.24, 2.45) is 0 Å². The second kappa shape index (κ2) is 6.81. The zero-order valence-corrected chi connectivity index (χ0v) is 13.1. The standard InChI is InChI=1S/C14H17F2N3O3S/c15-14(16)21-11-2-1-10(9-12(11)22-14)18-13(23)17-3-4-19-5-7-20-8-6-19/h1-2,9H,3-8H2,(H2,17,18,23).